The molecule has 0 aliphatic carbocycles. The Morgan fingerprint density at radius 1 is 0.413 bits per heavy atom. The minimum Gasteiger partial charge on any atom is -0.477 e. The molecule has 0 amide bonds. The first kappa shape index (κ1) is 72.2. The molecule has 0 aromatic carbocycles. The molecule has 0 radical (unpaired) electrons. The Morgan fingerprint density at radius 2 is 0.760 bits per heavy atom. The van der Waals surface area contributed by atoms with Crippen LogP contribution >= 0.6 is 0 Å². The normalized spacial score (nSPS) is 13.0. The van der Waals surface area contributed by atoms with Gasteiger partial charge in [-0.2, -0.15) is 0 Å². The zero-order valence-corrected chi connectivity index (χ0v) is 50.0. The smallest absolute Gasteiger partial charge is 0.361 e. The third kappa shape index (κ3) is 58.8. The summed E-state index contributed by atoms with van der Waals surface area (Å²) in [5.74, 6) is -2.00. The summed E-state index contributed by atoms with van der Waals surface area (Å²) in [5, 5.41) is 9.72. The number of hydrogen-bond donors (Lipinski definition) is 1. The molecular formula is C66H122NO8+. The molecule has 0 aliphatic heterocycles. The third-order valence-electron chi connectivity index (χ3n) is 14.1. The second-order valence-electron chi connectivity index (χ2n) is 22.7. The Morgan fingerprint density at radius 3 is 1.13 bits per heavy atom. The minimum atomic E-state index is -1.51. The van der Waals surface area contributed by atoms with Crippen LogP contribution in [0.5, 0.6) is 0 Å². The summed E-state index contributed by atoms with van der Waals surface area (Å²) in [7, 11) is 5.97. The van der Waals surface area contributed by atoms with Crippen LogP contribution in [0.25, 0.3) is 0 Å². The van der Waals surface area contributed by atoms with E-state index in [2.05, 4.69) is 62.5 Å². The van der Waals surface area contributed by atoms with Gasteiger partial charge in [0, 0.05) is 12.8 Å². The average molecular weight is 1060 g/mol. The molecule has 2 unspecified atom stereocenters. The van der Waals surface area contributed by atoms with Gasteiger partial charge in [-0.15, -0.1) is 0 Å². The van der Waals surface area contributed by atoms with Crippen LogP contribution in [0.1, 0.15) is 296 Å². The highest BCUT2D eigenvalue weighted by Crippen LogP contribution is 2.18. The van der Waals surface area contributed by atoms with Gasteiger partial charge in [-0.25, -0.2) is 4.79 Å². The Labute approximate surface area is 463 Å². The highest BCUT2D eigenvalue weighted by molar-refractivity contribution is 5.71. The average Bonchev–Trinajstić information content (AvgIpc) is 3.38. The Hall–Kier alpha value is -2.75. The molecule has 9 heteroatoms. The maximum atomic E-state index is 12.9. The number of hydrogen-bond acceptors (Lipinski definition) is 7. The van der Waals surface area contributed by atoms with Gasteiger partial charge in [0.2, 0.25) is 0 Å². The van der Waals surface area contributed by atoms with Gasteiger partial charge < -0.3 is 28.5 Å². The lowest BCUT2D eigenvalue weighted by Crippen LogP contribution is -2.40. The van der Waals surface area contributed by atoms with Crippen molar-refractivity contribution in [2.24, 2.45) is 0 Å². The maximum absolute atomic E-state index is 12.9. The van der Waals surface area contributed by atoms with E-state index in [-0.39, 0.29) is 32.2 Å². The number of nitrogens with zero attached hydrogens (tertiary/aromatic N) is 1. The van der Waals surface area contributed by atoms with E-state index in [1.54, 1.807) is 0 Å². The monoisotopic (exact) mass is 1060 g/mol. The lowest BCUT2D eigenvalue weighted by molar-refractivity contribution is -0.870. The van der Waals surface area contributed by atoms with Gasteiger partial charge in [0.1, 0.15) is 13.2 Å². The number of quaternary nitrogens is 1. The summed E-state index contributed by atoms with van der Waals surface area (Å²) in [6.07, 6.45) is 69.2. The molecule has 0 saturated carbocycles. The molecular weight excluding hydrogens is 935 g/mol. The van der Waals surface area contributed by atoms with Gasteiger partial charge in [-0.05, 0) is 51.4 Å². The largest absolute Gasteiger partial charge is 0.477 e. The number of carboxylic acids is 1. The number of esters is 2. The van der Waals surface area contributed by atoms with Gasteiger partial charge in [0.25, 0.3) is 6.29 Å². The molecule has 0 aromatic heterocycles. The van der Waals surface area contributed by atoms with Crippen LogP contribution in [0.3, 0.4) is 0 Å². The molecule has 0 saturated heterocycles. The number of allylic oxidation sites excluding steroid dienone is 8. The zero-order chi connectivity index (χ0) is 54.8. The number of aliphatic carboxylic acids is 1. The Balaban J connectivity index is 4.13. The van der Waals surface area contributed by atoms with Crippen LogP contribution in [-0.2, 0) is 33.3 Å². The molecule has 75 heavy (non-hydrogen) atoms. The van der Waals surface area contributed by atoms with Crippen molar-refractivity contribution in [1.82, 2.24) is 0 Å². The molecule has 0 rings (SSSR count). The predicted octanol–water partition coefficient (Wildman–Crippen LogP) is 19.0. The van der Waals surface area contributed by atoms with Crippen molar-refractivity contribution in [2.75, 3.05) is 47.5 Å². The number of ether oxygens (including phenoxy) is 4. The molecule has 0 fully saturated rings. The molecule has 0 aliphatic rings. The molecule has 438 valence electrons. The first-order valence-electron chi connectivity index (χ1n) is 31.8. The number of rotatable bonds is 59. The van der Waals surface area contributed by atoms with Crippen molar-refractivity contribution < 1.29 is 42.9 Å². The van der Waals surface area contributed by atoms with E-state index in [9.17, 15) is 19.5 Å². The van der Waals surface area contributed by atoms with Crippen molar-refractivity contribution >= 4 is 17.9 Å². The summed E-state index contributed by atoms with van der Waals surface area (Å²) in [4.78, 5) is 37.5. The topological polar surface area (TPSA) is 108 Å². The zero-order valence-electron chi connectivity index (χ0n) is 50.0. The van der Waals surface area contributed by atoms with E-state index >= 15 is 0 Å². The summed E-state index contributed by atoms with van der Waals surface area (Å²) in [6.45, 7) is 4.80. The third-order valence-corrected chi connectivity index (χ3v) is 14.1. The van der Waals surface area contributed by atoms with Crippen LogP contribution in [0.2, 0.25) is 0 Å². The summed E-state index contributed by atoms with van der Waals surface area (Å²) >= 11 is 0. The molecule has 0 aromatic rings. The first-order valence-corrected chi connectivity index (χ1v) is 31.8. The highest BCUT2D eigenvalue weighted by Gasteiger charge is 2.25. The minimum absolute atomic E-state index is 0.183. The van der Waals surface area contributed by atoms with Crippen molar-refractivity contribution in [2.45, 2.75) is 309 Å². The van der Waals surface area contributed by atoms with Crippen LogP contribution < -0.4 is 0 Å². The number of carboxylic acid groups (broad SMARTS) is 1. The van der Waals surface area contributed by atoms with E-state index in [4.69, 9.17) is 18.9 Å². The van der Waals surface area contributed by atoms with Crippen LogP contribution in [0, 0.1) is 0 Å². The first-order chi connectivity index (χ1) is 36.6. The number of carbonyl (C=O) groups excluding carboxylic acids is 2. The Bertz CT molecular complexity index is 1370. The predicted molar refractivity (Wildman–Crippen MR) is 318 cm³/mol. The highest BCUT2D eigenvalue weighted by atomic mass is 16.7. The van der Waals surface area contributed by atoms with Gasteiger partial charge in [-0.3, -0.25) is 9.59 Å². The lowest BCUT2D eigenvalue weighted by Gasteiger charge is -2.25. The fourth-order valence-electron chi connectivity index (χ4n) is 9.24. The van der Waals surface area contributed by atoms with Gasteiger partial charge in [0.05, 0.1) is 34.4 Å². The van der Waals surface area contributed by atoms with Gasteiger partial charge in [0.15, 0.2) is 6.10 Å². The van der Waals surface area contributed by atoms with Crippen molar-refractivity contribution in [3.8, 4) is 0 Å². The Kier molecular flexibility index (Phi) is 55.3. The van der Waals surface area contributed by atoms with E-state index in [0.29, 0.717) is 23.9 Å². The summed E-state index contributed by atoms with van der Waals surface area (Å²) in [5.41, 5.74) is 0. The fourth-order valence-corrected chi connectivity index (χ4v) is 9.24. The van der Waals surface area contributed by atoms with Crippen molar-refractivity contribution in [3.05, 3.63) is 48.6 Å². The quantitative estimate of drug-likeness (QED) is 0.0211. The second-order valence-corrected chi connectivity index (χ2v) is 22.7. The van der Waals surface area contributed by atoms with Crippen molar-refractivity contribution in [1.29, 1.82) is 0 Å². The molecule has 0 spiro atoms. The fraction of sp³-hybridized carbons (Fsp3) is 0.833. The summed E-state index contributed by atoms with van der Waals surface area (Å²) < 4.78 is 22.9. The molecule has 2 atom stereocenters. The van der Waals surface area contributed by atoms with E-state index < -0.39 is 24.3 Å². The van der Waals surface area contributed by atoms with E-state index in [1.165, 1.54) is 193 Å². The van der Waals surface area contributed by atoms with Crippen LogP contribution in [0.15, 0.2) is 48.6 Å². The molecule has 9 nitrogen and oxygen atoms in total. The van der Waals surface area contributed by atoms with E-state index in [0.717, 1.165) is 70.6 Å². The van der Waals surface area contributed by atoms with Crippen molar-refractivity contribution in [3.63, 3.8) is 0 Å². The molecule has 1 N–H and O–H groups in total. The number of likely N-dealkylation sites (N-methyl/N-ethyl adjacent to an activating group) is 1. The van der Waals surface area contributed by atoms with Gasteiger partial charge >= 0.3 is 17.9 Å². The molecule has 0 bridgehead atoms. The molecule has 0 heterocycles. The SMILES string of the molecule is CC/C=C\C/C=C\C/C=C\C/C=C\CCCCCCCCCCC(=O)OC(COC(=O)CCCCCCCCCCCCCCCCCCCCCCCCCCCCCCC)COC(OCC[N+](C)(C)C)C(=O)O. The maximum Gasteiger partial charge on any atom is 0.361 e. The number of unbranched alkanes of at least 4 members (excludes halogenated alkanes) is 36. The van der Waals surface area contributed by atoms with E-state index in [1.807, 2.05) is 21.1 Å². The number of carbonyl (C=O) groups is 3. The summed E-state index contributed by atoms with van der Waals surface area (Å²) in [6, 6.07) is 0. The van der Waals surface area contributed by atoms with Crippen LogP contribution in [0.4, 0.5) is 0 Å². The van der Waals surface area contributed by atoms with Crippen LogP contribution in [-0.4, -0.2) is 87.4 Å². The standard InChI is InChI=1S/C66H121NO8/c1-6-8-10-12-14-16-18-20-22-24-26-28-29-30-31-32-33-34-35-37-38-40-42-44-46-48-50-52-54-56-63(68)73-60-62(61-74-66(65(70)71)72-59-58-67(3,4)5)75-64(69)57-55-53-51-49-47-45-43-41-39-36-27-25-23-21-19-17-15-13-11-9-7-2/h9,11,15,17,21,23,27,36,62,66H,6-8,10,12-14,16,18-20,22,24-26,28-35,37-61H2,1-5H3/p+1/b11-9-,17-15-,23-21-,36-27-. The second kappa shape index (κ2) is 57.4. The van der Waals surface area contributed by atoms with Gasteiger partial charge in [-0.1, -0.05) is 281 Å². The lowest BCUT2D eigenvalue weighted by atomic mass is 10.0.